The summed E-state index contributed by atoms with van der Waals surface area (Å²) in [5, 5.41) is 0. The summed E-state index contributed by atoms with van der Waals surface area (Å²) in [6.45, 7) is 5.03. The van der Waals surface area contributed by atoms with Crippen LogP contribution in [-0.2, 0) is 16.1 Å². The van der Waals surface area contributed by atoms with Crippen LogP contribution in [0.15, 0.2) is 78.9 Å². The molecule has 0 saturated carbocycles. The van der Waals surface area contributed by atoms with Crippen LogP contribution in [0.1, 0.15) is 35.3 Å². The summed E-state index contributed by atoms with van der Waals surface area (Å²) in [6, 6.07) is 21.1. The van der Waals surface area contributed by atoms with Crippen molar-refractivity contribution in [2.75, 3.05) is 13.2 Å². The van der Waals surface area contributed by atoms with Crippen molar-refractivity contribution in [3.63, 3.8) is 0 Å². The second-order valence-electron chi connectivity index (χ2n) is 6.91. The van der Waals surface area contributed by atoms with E-state index >= 15 is 0 Å². The van der Waals surface area contributed by atoms with Crippen LogP contribution in [0.4, 0.5) is 0 Å². The van der Waals surface area contributed by atoms with Crippen LogP contribution in [0.3, 0.4) is 0 Å². The van der Waals surface area contributed by atoms with E-state index in [2.05, 4.69) is 0 Å². The highest BCUT2D eigenvalue weighted by Crippen LogP contribution is 2.29. The second-order valence-corrected chi connectivity index (χ2v) is 6.91. The Morgan fingerprint density at radius 1 is 0.818 bits per heavy atom. The first-order valence-electron chi connectivity index (χ1n) is 10.7. The fourth-order valence-electron chi connectivity index (χ4n) is 2.95. The Morgan fingerprint density at radius 2 is 1.52 bits per heavy atom. The smallest absolute Gasteiger partial charge is 0.338 e. The Kier molecular flexibility index (Phi) is 8.65. The van der Waals surface area contributed by atoms with Crippen LogP contribution in [-0.4, -0.2) is 25.2 Å². The molecule has 6 heteroatoms. The number of esters is 2. The first kappa shape index (κ1) is 23.6. The first-order valence-corrected chi connectivity index (χ1v) is 10.7. The molecule has 0 radical (unpaired) electrons. The van der Waals surface area contributed by atoms with Gasteiger partial charge in [-0.3, -0.25) is 0 Å². The van der Waals surface area contributed by atoms with E-state index in [1.807, 2.05) is 50.2 Å². The third kappa shape index (κ3) is 7.25. The molecule has 6 nitrogen and oxygen atoms in total. The van der Waals surface area contributed by atoms with Gasteiger partial charge in [-0.05, 0) is 67.4 Å². The molecule has 0 saturated heterocycles. The summed E-state index contributed by atoms with van der Waals surface area (Å²) >= 11 is 0. The van der Waals surface area contributed by atoms with Gasteiger partial charge in [0.2, 0.25) is 0 Å². The van der Waals surface area contributed by atoms with Gasteiger partial charge >= 0.3 is 11.9 Å². The number of benzene rings is 3. The molecule has 0 heterocycles. The lowest BCUT2D eigenvalue weighted by molar-refractivity contribution is -0.128. The molecule has 0 unspecified atom stereocenters. The zero-order valence-corrected chi connectivity index (χ0v) is 18.7. The predicted octanol–water partition coefficient (Wildman–Crippen LogP) is 5.46. The van der Waals surface area contributed by atoms with E-state index in [9.17, 15) is 9.59 Å². The van der Waals surface area contributed by atoms with Crippen molar-refractivity contribution in [3.05, 3.63) is 95.6 Å². The molecule has 170 valence electrons. The van der Waals surface area contributed by atoms with Gasteiger partial charge in [0.15, 0.2) is 11.5 Å². The summed E-state index contributed by atoms with van der Waals surface area (Å²) in [5.74, 6) is 0.607. The minimum atomic E-state index is -0.541. The van der Waals surface area contributed by atoms with E-state index in [-0.39, 0.29) is 6.61 Å². The zero-order valence-electron chi connectivity index (χ0n) is 18.7. The number of carbonyl (C=O) groups is 2. The SMILES string of the molecule is CCOc1ccc(/C=C/C(=O)Oc2ccc(C(=O)OCc3ccccc3)cc2)cc1OCC. The lowest BCUT2D eigenvalue weighted by Gasteiger charge is -2.11. The van der Waals surface area contributed by atoms with Crippen LogP contribution >= 0.6 is 0 Å². The summed E-state index contributed by atoms with van der Waals surface area (Å²) < 4.78 is 21.7. The molecule has 0 amide bonds. The Balaban J connectivity index is 1.55. The van der Waals surface area contributed by atoms with Crippen LogP contribution in [0.25, 0.3) is 6.08 Å². The van der Waals surface area contributed by atoms with Gasteiger partial charge in [0.25, 0.3) is 0 Å². The summed E-state index contributed by atoms with van der Waals surface area (Å²) in [5.41, 5.74) is 2.05. The maximum atomic E-state index is 12.2. The molecular formula is C27H26O6. The predicted molar refractivity (Wildman–Crippen MR) is 125 cm³/mol. The third-order valence-electron chi connectivity index (χ3n) is 4.50. The molecule has 3 aromatic rings. The fourth-order valence-corrected chi connectivity index (χ4v) is 2.95. The average molecular weight is 446 g/mol. The molecular weight excluding hydrogens is 420 g/mol. The number of rotatable bonds is 10. The largest absolute Gasteiger partial charge is 0.490 e. The summed E-state index contributed by atoms with van der Waals surface area (Å²) in [7, 11) is 0. The molecule has 0 atom stereocenters. The van der Waals surface area contributed by atoms with Crippen molar-refractivity contribution in [3.8, 4) is 17.2 Å². The van der Waals surface area contributed by atoms with Crippen molar-refractivity contribution >= 4 is 18.0 Å². The van der Waals surface area contributed by atoms with Crippen LogP contribution in [0, 0.1) is 0 Å². The average Bonchev–Trinajstić information content (AvgIpc) is 2.84. The molecule has 3 aromatic carbocycles. The minimum Gasteiger partial charge on any atom is -0.490 e. The third-order valence-corrected chi connectivity index (χ3v) is 4.50. The molecule has 0 aromatic heterocycles. The Bertz CT molecular complexity index is 1090. The quantitative estimate of drug-likeness (QED) is 0.234. The minimum absolute atomic E-state index is 0.192. The molecule has 0 spiro atoms. The Labute approximate surface area is 193 Å². The monoisotopic (exact) mass is 446 g/mol. The molecule has 33 heavy (non-hydrogen) atoms. The van der Waals surface area contributed by atoms with E-state index in [0.717, 1.165) is 11.1 Å². The summed E-state index contributed by atoms with van der Waals surface area (Å²) in [4.78, 5) is 24.4. The number of carbonyl (C=O) groups excluding carboxylic acids is 2. The van der Waals surface area contributed by atoms with Crippen molar-refractivity contribution in [2.24, 2.45) is 0 Å². The van der Waals surface area contributed by atoms with E-state index in [4.69, 9.17) is 18.9 Å². The molecule has 0 aliphatic rings. The van der Waals surface area contributed by atoms with Gasteiger partial charge in [-0.1, -0.05) is 36.4 Å². The summed E-state index contributed by atoms with van der Waals surface area (Å²) in [6.07, 6.45) is 2.96. The van der Waals surface area contributed by atoms with Gasteiger partial charge in [0.1, 0.15) is 12.4 Å². The highest BCUT2D eigenvalue weighted by atomic mass is 16.5. The highest BCUT2D eigenvalue weighted by Gasteiger charge is 2.09. The van der Waals surface area contributed by atoms with Gasteiger partial charge in [-0.25, -0.2) is 9.59 Å². The molecule has 0 aliphatic heterocycles. The van der Waals surface area contributed by atoms with E-state index in [1.165, 1.54) is 6.08 Å². The van der Waals surface area contributed by atoms with Crippen molar-refractivity contribution < 1.29 is 28.5 Å². The first-order chi connectivity index (χ1) is 16.1. The van der Waals surface area contributed by atoms with E-state index < -0.39 is 11.9 Å². The standard InChI is InChI=1S/C27H26O6/c1-3-30-24-16-10-20(18-25(24)31-4-2)11-17-26(28)33-23-14-12-22(13-15-23)27(29)32-19-21-8-6-5-7-9-21/h5-18H,3-4,19H2,1-2H3/b17-11+. The molecule has 3 rings (SSSR count). The molecule has 0 fully saturated rings. The molecule has 0 aliphatic carbocycles. The van der Waals surface area contributed by atoms with Crippen molar-refractivity contribution in [2.45, 2.75) is 20.5 Å². The second kappa shape index (κ2) is 12.1. The van der Waals surface area contributed by atoms with Gasteiger partial charge in [-0.2, -0.15) is 0 Å². The van der Waals surface area contributed by atoms with Crippen LogP contribution in [0.5, 0.6) is 17.2 Å². The number of hydrogen-bond acceptors (Lipinski definition) is 6. The van der Waals surface area contributed by atoms with Gasteiger partial charge < -0.3 is 18.9 Å². The highest BCUT2D eigenvalue weighted by molar-refractivity contribution is 5.90. The van der Waals surface area contributed by atoms with Crippen molar-refractivity contribution in [1.82, 2.24) is 0 Å². The Hall–Kier alpha value is -4.06. The normalized spacial score (nSPS) is 10.6. The molecule has 0 N–H and O–H groups in total. The zero-order chi connectivity index (χ0) is 23.5. The topological polar surface area (TPSA) is 71.1 Å². The fraction of sp³-hybridized carbons (Fsp3) is 0.185. The van der Waals surface area contributed by atoms with Gasteiger partial charge in [0, 0.05) is 6.08 Å². The Morgan fingerprint density at radius 3 is 2.21 bits per heavy atom. The van der Waals surface area contributed by atoms with Crippen LogP contribution < -0.4 is 14.2 Å². The van der Waals surface area contributed by atoms with Crippen molar-refractivity contribution in [1.29, 1.82) is 0 Å². The van der Waals surface area contributed by atoms with Gasteiger partial charge in [-0.15, -0.1) is 0 Å². The van der Waals surface area contributed by atoms with Gasteiger partial charge in [0.05, 0.1) is 18.8 Å². The van der Waals surface area contributed by atoms with E-state index in [1.54, 1.807) is 42.5 Å². The number of ether oxygens (including phenoxy) is 4. The lowest BCUT2D eigenvalue weighted by Crippen LogP contribution is -2.06. The molecule has 0 bridgehead atoms. The van der Waals surface area contributed by atoms with Crippen LogP contribution in [0.2, 0.25) is 0 Å². The lowest BCUT2D eigenvalue weighted by atomic mass is 10.2. The maximum Gasteiger partial charge on any atom is 0.338 e. The van der Waals surface area contributed by atoms with E-state index in [0.29, 0.717) is 36.0 Å². The maximum absolute atomic E-state index is 12.2. The number of hydrogen-bond donors (Lipinski definition) is 0.